The fourth-order valence-electron chi connectivity index (χ4n) is 3.00. The van der Waals surface area contributed by atoms with Crippen molar-refractivity contribution in [3.05, 3.63) is 46.6 Å². The number of thioether (sulfide) groups is 1. The normalized spacial score (nSPS) is 13.9. The largest absolute Gasteiger partial charge is 0.480 e. The van der Waals surface area contributed by atoms with Crippen molar-refractivity contribution < 1.29 is 19.4 Å². The summed E-state index contributed by atoms with van der Waals surface area (Å²) in [5.41, 5.74) is 4.90. The Hall–Kier alpha value is -1.95. The summed E-state index contributed by atoms with van der Waals surface area (Å²) in [5.74, 6) is -0.0540. The Kier molecular flexibility index (Phi) is 16.5. The van der Waals surface area contributed by atoms with E-state index < -0.39 is 23.7 Å². The Balaban J connectivity index is 4.26. The maximum Gasteiger partial charge on any atom is 0.408 e. The number of alkyl carbamates (subject to hydrolysis) is 1. The van der Waals surface area contributed by atoms with Crippen LogP contribution in [-0.2, 0) is 9.53 Å². The third kappa shape index (κ3) is 19.5. The van der Waals surface area contributed by atoms with E-state index in [9.17, 15) is 14.7 Å². The fourth-order valence-corrected chi connectivity index (χ4v) is 4.00. The van der Waals surface area contributed by atoms with E-state index >= 15 is 0 Å². The lowest BCUT2D eigenvalue weighted by Crippen LogP contribution is -2.44. The van der Waals surface area contributed by atoms with Crippen molar-refractivity contribution in [2.45, 2.75) is 106 Å². The summed E-state index contributed by atoms with van der Waals surface area (Å²) in [5, 5.41) is 11.8. The molecule has 0 bridgehead atoms. The fraction of sp³-hybridized carbons (Fsp3) is 0.643. The summed E-state index contributed by atoms with van der Waals surface area (Å²) in [4.78, 5) is 23.2. The van der Waals surface area contributed by atoms with E-state index in [4.69, 9.17) is 4.74 Å². The monoisotopic (exact) mass is 493 g/mol. The lowest BCUT2D eigenvalue weighted by molar-refractivity contribution is -0.138. The van der Waals surface area contributed by atoms with E-state index in [-0.39, 0.29) is 0 Å². The minimum atomic E-state index is -1.06. The molecule has 0 saturated heterocycles. The van der Waals surface area contributed by atoms with Gasteiger partial charge in [-0.2, -0.15) is 11.8 Å². The minimum Gasteiger partial charge on any atom is -0.480 e. The van der Waals surface area contributed by atoms with E-state index in [0.717, 1.165) is 38.5 Å². The molecule has 34 heavy (non-hydrogen) atoms. The molecule has 0 aliphatic carbocycles. The highest BCUT2D eigenvalue weighted by molar-refractivity contribution is 7.99. The predicted octanol–water partition coefficient (Wildman–Crippen LogP) is 7.84. The number of carbonyl (C=O) groups is 2. The van der Waals surface area contributed by atoms with E-state index in [0.29, 0.717) is 11.5 Å². The Bertz CT molecular complexity index is 753. The number of allylic oxidation sites excluding steroid dienone is 7. The summed E-state index contributed by atoms with van der Waals surface area (Å²) < 4.78 is 5.14. The molecule has 194 valence electrons. The highest BCUT2D eigenvalue weighted by Crippen LogP contribution is 2.15. The molecule has 0 aromatic carbocycles. The van der Waals surface area contributed by atoms with Gasteiger partial charge in [0.25, 0.3) is 0 Å². The Labute approximate surface area is 212 Å². The van der Waals surface area contributed by atoms with Crippen LogP contribution in [0.4, 0.5) is 4.79 Å². The first kappa shape index (κ1) is 32.0. The molecule has 0 rings (SSSR count). The average Bonchev–Trinajstić information content (AvgIpc) is 2.68. The molecular weight excluding hydrogens is 446 g/mol. The Morgan fingerprint density at radius 1 is 0.853 bits per heavy atom. The first-order valence-electron chi connectivity index (χ1n) is 12.2. The Morgan fingerprint density at radius 3 is 1.76 bits per heavy atom. The second kappa shape index (κ2) is 17.5. The van der Waals surface area contributed by atoms with Crippen LogP contribution in [0.3, 0.4) is 0 Å². The summed E-state index contributed by atoms with van der Waals surface area (Å²) in [6.45, 7) is 16.0. The molecule has 0 fully saturated rings. The molecule has 0 spiro atoms. The zero-order chi connectivity index (χ0) is 26.1. The molecule has 0 unspecified atom stereocenters. The molecule has 6 heteroatoms. The van der Waals surface area contributed by atoms with E-state index in [1.165, 1.54) is 34.1 Å². The summed E-state index contributed by atoms with van der Waals surface area (Å²) in [7, 11) is 0. The molecule has 0 aromatic rings. The first-order chi connectivity index (χ1) is 15.8. The van der Waals surface area contributed by atoms with Crippen molar-refractivity contribution in [2.24, 2.45) is 0 Å². The van der Waals surface area contributed by atoms with Crippen molar-refractivity contribution in [1.82, 2.24) is 5.32 Å². The number of hydrogen-bond acceptors (Lipinski definition) is 4. The maximum atomic E-state index is 11.8. The van der Waals surface area contributed by atoms with Gasteiger partial charge in [-0.25, -0.2) is 9.59 Å². The number of aliphatic carboxylic acids is 1. The number of carbonyl (C=O) groups excluding carboxylic acids is 1. The van der Waals surface area contributed by atoms with Crippen LogP contribution in [0, 0.1) is 0 Å². The van der Waals surface area contributed by atoms with Gasteiger partial charge in [0.2, 0.25) is 0 Å². The highest BCUT2D eigenvalue weighted by atomic mass is 32.2. The zero-order valence-electron chi connectivity index (χ0n) is 22.6. The van der Waals surface area contributed by atoms with Crippen molar-refractivity contribution in [1.29, 1.82) is 0 Å². The van der Waals surface area contributed by atoms with Gasteiger partial charge in [-0.3, -0.25) is 0 Å². The highest BCUT2D eigenvalue weighted by Gasteiger charge is 2.23. The standard InChI is InChI=1S/C28H47NO4S/c1-21(2)12-9-13-22(3)14-10-15-23(4)16-11-17-24(5)18-19-34-20-25(26(30)31)29-27(32)33-28(6,7)8/h12,14,16,18,25H,9-11,13,15,17,19-20H2,1-8H3,(H,29,32)(H,30,31)/b22-14+,23-16+,24-18+/t25-/m0/s1. The summed E-state index contributed by atoms with van der Waals surface area (Å²) in [6.07, 6.45) is 14.9. The molecule has 0 aromatic heterocycles. The third-order valence-corrected chi connectivity index (χ3v) is 5.95. The van der Waals surface area contributed by atoms with Gasteiger partial charge >= 0.3 is 12.1 Å². The number of hydrogen-bond donors (Lipinski definition) is 2. The van der Waals surface area contributed by atoms with E-state index in [1.807, 2.05) is 0 Å². The lowest BCUT2D eigenvalue weighted by Gasteiger charge is -2.21. The van der Waals surface area contributed by atoms with Gasteiger partial charge < -0.3 is 15.2 Å². The Morgan fingerprint density at radius 2 is 1.32 bits per heavy atom. The molecule has 0 heterocycles. The van der Waals surface area contributed by atoms with Crippen molar-refractivity contribution in [2.75, 3.05) is 11.5 Å². The lowest BCUT2D eigenvalue weighted by atomic mass is 10.0. The average molecular weight is 494 g/mol. The maximum absolute atomic E-state index is 11.8. The van der Waals surface area contributed by atoms with Gasteiger partial charge in [0.15, 0.2) is 0 Å². The van der Waals surface area contributed by atoms with Crippen LogP contribution < -0.4 is 5.32 Å². The van der Waals surface area contributed by atoms with Gasteiger partial charge in [0, 0.05) is 11.5 Å². The number of amides is 1. The minimum absolute atomic E-state index is 0.290. The zero-order valence-corrected chi connectivity index (χ0v) is 23.4. The molecule has 0 aliphatic rings. The predicted molar refractivity (Wildman–Crippen MR) is 147 cm³/mol. The molecule has 5 nitrogen and oxygen atoms in total. The molecule has 0 aliphatic heterocycles. The van der Waals surface area contributed by atoms with E-state index in [1.54, 1.807) is 20.8 Å². The van der Waals surface area contributed by atoms with Crippen LogP contribution in [0.15, 0.2) is 46.6 Å². The molecule has 2 N–H and O–H groups in total. The van der Waals surface area contributed by atoms with Gasteiger partial charge in [-0.15, -0.1) is 0 Å². The second-order valence-corrected chi connectivity index (χ2v) is 11.2. The number of carboxylic acid groups (broad SMARTS) is 1. The van der Waals surface area contributed by atoms with Gasteiger partial charge in [-0.1, -0.05) is 46.6 Å². The number of carboxylic acids is 1. The number of ether oxygens (including phenoxy) is 1. The quantitative estimate of drug-likeness (QED) is 0.179. The molecular formula is C28H47NO4S. The SMILES string of the molecule is CC(C)=CCC/C(C)=C/CC/C(C)=C/CC/C(C)=C/CSC[C@H](NC(=O)OC(C)(C)C)C(=O)O. The van der Waals surface area contributed by atoms with Crippen LogP contribution in [0.1, 0.15) is 93.9 Å². The second-order valence-electron chi connectivity index (χ2n) is 10.1. The van der Waals surface area contributed by atoms with Crippen LogP contribution in [0.2, 0.25) is 0 Å². The topological polar surface area (TPSA) is 75.6 Å². The summed E-state index contributed by atoms with van der Waals surface area (Å²) in [6, 6.07) is -0.968. The first-order valence-corrected chi connectivity index (χ1v) is 13.4. The molecule has 0 saturated carbocycles. The van der Waals surface area contributed by atoms with Crippen molar-refractivity contribution >= 4 is 23.8 Å². The number of rotatable bonds is 15. The molecule has 1 amide bonds. The van der Waals surface area contributed by atoms with Crippen LogP contribution in [-0.4, -0.2) is 40.3 Å². The molecule has 1 atom stereocenters. The van der Waals surface area contributed by atoms with Crippen molar-refractivity contribution in [3.8, 4) is 0 Å². The van der Waals surface area contributed by atoms with Crippen LogP contribution in [0.25, 0.3) is 0 Å². The third-order valence-electron chi connectivity index (χ3n) is 4.98. The van der Waals surface area contributed by atoms with Gasteiger partial charge in [0.05, 0.1) is 0 Å². The van der Waals surface area contributed by atoms with E-state index in [2.05, 4.69) is 64.2 Å². The van der Waals surface area contributed by atoms with Gasteiger partial charge in [0.1, 0.15) is 11.6 Å². The molecule has 0 radical (unpaired) electrons. The number of nitrogens with one attached hydrogen (secondary N) is 1. The smallest absolute Gasteiger partial charge is 0.408 e. The van der Waals surface area contributed by atoms with Gasteiger partial charge in [-0.05, 0) is 93.9 Å². The summed E-state index contributed by atoms with van der Waals surface area (Å²) >= 11 is 1.49. The van der Waals surface area contributed by atoms with Crippen molar-refractivity contribution in [3.63, 3.8) is 0 Å². The van der Waals surface area contributed by atoms with Crippen LogP contribution in [0.5, 0.6) is 0 Å². The van der Waals surface area contributed by atoms with Crippen LogP contribution >= 0.6 is 11.8 Å².